The van der Waals surface area contributed by atoms with E-state index in [9.17, 15) is 0 Å². The fraction of sp³-hybridized carbons (Fsp3) is 0.538. The molecule has 2 nitrogen and oxygen atoms in total. The largest absolute Gasteiger partial charge is 0.497 e. The first-order chi connectivity index (χ1) is 7.19. The highest BCUT2D eigenvalue weighted by molar-refractivity contribution is 5.31. The number of benzene rings is 1. The smallest absolute Gasteiger partial charge is 0.119 e. The van der Waals surface area contributed by atoms with Gasteiger partial charge in [-0.1, -0.05) is 26.0 Å². The molecule has 1 rings (SSSR count). The van der Waals surface area contributed by atoms with Gasteiger partial charge in [-0.25, -0.2) is 0 Å². The van der Waals surface area contributed by atoms with Crippen LogP contribution in [0.15, 0.2) is 24.3 Å². The Morgan fingerprint density at radius 3 is 2.60 bits per heavy atom. The maximum absolute atomic E-state index is 9.04. The molecule has 15 heavy (non-hydrogen) atoms. The fourth-order valence-corrected chi connectivity index (χ4v) is 1.90. The summed E-state index contributed by atoms with van der Waals surface area (Å²) in [7, 11) is 1.68. The van der Waals surface area contributed by atoms with Crippen LogP contribution in [-0.4, -0.2) is 18.8 Å². The van der Waals surface area contributed by atoms with Crippen molar-refractivity contribution in [1.82, 2.24) is 0 Å². The number of methoxy groups -OCH3 is 1. The SMILES string of the molecule is COc1cccc(C(CCO)C(C)C)c1. The van der Waals surface area contributed by atoms with Crippen LogP contribution in [0.1, 0.15) is 31.7 Å². The first-order valence-corrected chi connectivity index (χ1v) is 5.43. The first-order valence-electron chi connectivity index (χ1n) is 5.43. The van der Waals surface area contributed by atoms with E-state index >= 15 is 0 Å². The standard InChI is InChI=1S/C13H20O2/c1-10(2)13(7-8-14)11-5-4-6-12(9-11)15-3/h4-6,9-10,13-14H,7-8H2,1-3H3. The highest BCUT2D eigenvalue weighted by atomic mass is 16.5. The number of aliphatic hydroxyl groups excluding tert-OH is 1. The zero-order chi connectivity index (χ0) is 11.3. The monoisotopic (exact) mass is 208 g/mol. The van der Waals surface area contributed by atoms with Crippen LogP contribution in [0.25, 0.3) is 0 Å². The van der Waals surface area contributed by atoms with Crippen LogP contribution < -0.4 is 4.74 Å². The average molecular weight is 208 g/mol. The molecule has 1 N–H and O–H groups in total. The molecule has 0 radical (unpaired) electrons. The lowest BCUT2D eigenvalue weighted by molar-refractivity contribution is 0.261. The van der Waals surface area contributed by atoms with Gasteiger partial charge >= 0.3 is 0 Å². The number of hydrogen-bond donors (Lipinski definition) is 1. The van der Waals surface area contributed by atoms with Gasteiger partial charge in [0.25, 0.3) is 0 Å². The van der Waals surface area contributed by atoms with Gasteiger partial charge in [0, 0.05) is 6.61 Å². The van der Waals surface area contributed by atoms with E-state index in [0.29, 0.717) is 11.8 Å². The van der Waals surface area contributed by atoms with Gasteiger partial charge in [-0.15, -0.1) is 0 Å². The van der Waals surface area contributed by atoms with Gasteiger partial charge in [-0.2, -0.15) is 0 Å². The van der Waals surface area contributed by atoms with Crippen molar-refractivity contribution >= 4 is 0 Å². The lowest BCUT2D eigenvalue weighted by atomic mass is 9.86. The van der Waals surface area contributed by atoms with Crippen LogP contribution in [-0.2, 0) is 0 Å². The van der Waals surface area contributed by atoms with E-state index < -0.39 is 0 Å². The van der Waals surface area contributed by atoms with E-state index in [-0.39, 0.29) is 6.61 Å². The van der Waals surface area contributed by atoms with Gasteiger partial charge in [0.15, 0.2) is 0 Å². The van der Waals surface area contributed by atoms with Gasteiger partial charge in [0.2, 0.25) is 0 Å². The summed E-state index contributed by atoms with van der Waals surface area (Å²) in [6.07, 6.45) is 0.810. The van der Waals surface area contributed by atoms with E-state index in [1.807, 2.05) is 12.1 Å². The van der Waals surface area contributed by atoms with Crippen LogP contribution >= 0.6 is 0 Å². The van der Waals surface area contributed by atoms with Crippen LogP contribution in [0.3, 0.4) is 0 Å². The second-order valence-electron chi connectivity index (χ2n) is 4.14. The summed E-state index contributed by atoms with van der Waals surface area (Å²) in [5, 5.41) is 9.04. The quantitative estimate of drug-likeness (QED) is 0.806. The molecule has 0 saturated carbocycles. The van der Waals surface area contributed by atoms with Gasteiger partial charge in [0.05, 0.1) is 7.11 Å². The second kappa shape index (κ2) is 5.76. The predicted octanol–water partition coefficient (Wildman–Crippen LogP) is 2.82. The Hall–Kier alpha value is -1.02. The Labute approximate surface area is 91.9 Å². The van der Waals surface area contributed by atoms with Gasteiger partial charge in [-0.3, -0.25) is 0 Å². The minimum absolute atomic E-state index is 0.236. The highest BCUT2D eigenvalue weighted by Gasteiger charge is 2.15. The predicted molar refractivity (Wildman–Crippen MR) is 62.3 cm³/mol. The molecule has 0 aromatic heterocycles. The third kappa shape index (κ3) is 3.24. The van der Waals surface area contributed by atoms with Crippen LogP contribution in [0.4, 0.5) is 0 Å². The molecule has 0 aliphatic carbocycles. The summed E-state index contributed by atoms with van der Waals surface area (Å²) in [6, 6.07) is 8.10. The minimum Gasteiger partial charge on any atom is -0.497 e. The molecule has 0 aliphatic heterocycles. The Bertz CT molecular complexity index is 294. The molecular weight excluding hydrogens is 188 g/mol. The summed E-state index contributed by atoms with van der Waals surface area (Å²) in [5.41, 5.74) is 1.25. The summed E-state index contributed by atoms with van der Waals surface area (Å²) in [4.78, 5) is 0. The maximum Gasteiger partial charge on any atom is 0.119 e. The van der Waals surface area contributed by atoms with E-state index in [0.717, 1.165) is 12.2 Å². The topological polar surface area (TPSA) is 29.5 Å². The normalized spacial score (nSPS) is 12.9. The molecule has 2 heteroatoms. The molecule has 0 fully saturated rings. The number of rotatable bonds is 5. The third-order valence-corrected chi connectivity index (χ3v) is 2.77. The van der Waals surface area contributed by atoms with Crippen molar-refractivity contribution in [3.63, 3.8) is 0 Å². The summed E-state index contributed by atoms with van der Waals surface area (Å²) >= 11 is 0. The average Bonchev–Trinajstić information content (AvgIpc) is 2.25. The molecule has 0 aliphatic rings. The minimum atomic E-state index is 0.236. The number of ether oxygens (including phenoxy) is 1. The van der Waals surface area contributed by atoms with Gasteiger partial charge < -0.3 is 9.84 Å². The lowest BCUT2D eigenvalue weighted by Crippen LogP contribution is -2.08. The second-order valence-corrected chi connectivity index (χ2v) is 4.14. The molecule has 1 atom stereocenters. The van der Waals surface area contributed by atoms with Crippen molar-refractivity contribution < 1.29 is 9.84 Å². The molecule has 84 valence electrons. The third-order valence-electron chi connectivity index (χ3n) is 2.77. The molecular formula is C13H20O2. The molecule has 1 aromatic carbocycles. The van der Waals surface area contributed by atoms with E-state index in [4.69, 9.17) is 9.84 Å². The maximum atomic E-state index is 9.04. The molecule has 0 bridgehead atoms. The Balaban J connectivity index is 2.89. The fourth-order valence-electron chi connectivity index (χ4n) is 1.90. The Morgan fingerprint density at radius 1 is 1.33 bits per heavy atom. The van der Waals surface area contributed by atoms with Crippen molar-refractivity contribution in [2.24, 2.45) is 5.92 Å². The molecule has 1 unspecified atom stereocenters. The van der Waals surface area contributed by atoms with Crippen molar-refractivity contribution in [2.45, 2.75) is 26.2 Å². The van der Waals surface area contributed by atoms with Crippen LogP contribution in [0.2, 0.25) is 0 Å². The van der Waals surface area contributed by atoms with Crippen molar-refractivity contribution in [2.75, 3.05) is 13.7 Å². The number of aliphatic hydroxyl groups is 1. The zero-order valence-corrected chi connectivity index (χ0v) is 9.73. The molecule has 0 saturated heterocycles. The summed E-state index contributed by atoms with van der Waals surface area (Å²) in [5.74, 6) is 1.82. The van der Waals surface area contributed by atoms with Crippen LogP contribution in [0.5, 0.6) is 5.75 Å². The van der Waals surface area contributed by atoms with Gasteiger partial charge in [0.1, 0.15) is 5.75 Å². The van der Waals surface area contributed by atoms with E-state index in [1.54, 1.807) is 7.11 Å². The van der Waals surface area contributed by atoms with Crippen molar-refractivity contribution in [3.05, 3.63) is 29.8 Å². The molecule has 0 spiro atoms. The number of hydrogen-bond acceptors (Lipinski definition) is 2. The van der Waals surface area contributed by atoms with E-state index in [2.05, 4.69) is 26.0 Å². The van der Waals surface area contributed by atoms with Gasteiger partial charge in [-0.05, 0) is 36.0 Å². The Kier molecular flexibility index (Phi) is 4.63. The summed E-state index contributed by atoms with van der Waals surface area (Å²) in [6.45, 7) is 4.60. The van der Waals surface area contributed by atoms with Crippen molar-refractivity contribution in [1.29, 1.82) is 0 Å². The highest BCUT2D eigenvalue weighted by Crippen LogP contribution is 2.29. The van der Waals surface area contributed by atoms with Crippen molar-refractivity contribution in [3.8, 4) is 5.75 Å². The van der Waals surface area contributed by atoms with E-state index in [1.165, 1.54) is 5.56 Å². The first kappa shape index (κ1) is 12.1. The zero-order valence-electron chi connectivity index (χ0n) is 9.73. The summed E-state index contributed by atoms with van der Waals surface area (Å²) < 4.78 is 5.20. The molecule has 0 heterocycles. The Morgan fingerprint density at radius 2 is 2.07 bits per heavy atom. The molecule has 0 amide bonds. The lowest BCUT2D eigenvalue weighted by Gasteiger charge is -2.20. The molecule has 1 aromatic rings. The van der Waals surface area contributed by atoms with Crippen LogP contribution in [0, 0.1) is 5.92 Å².